The molecule has 0 aromatic heterocycles. The molecule has 2 N–H and O–H groups in total. The van der Waals surface area contributed by atoms with Gasteiger partial charge in [-0.15, -0.1) is 0 Å². The van der Waals surface area contributed by atoms with Crippen LogP contribution in [0.4, 0.5) is 0 Å². The van der Waals surface area contributed by atoms with Crippen molar-refractivity contribution in [3.63, 3.8) is 0 Å². The van der Waals surface area contributed by atoms with E-state index in [9.17, 15) is 23.4 Å². The lowest BCUT2D eigenvalue weighted by Crippen LogP contribution is -2.33. The molecule has 1 heterocycles. The molecule has 2 rings (SSSR count). The Kier molecular flexibility index (Phi) is 4.51. The normalized spacial score (nSPS) is 26.3. The summed E-state index contributed by atoms with van der Waals surface area (Å²) < 4.78 is 23.9. The molecule has 7 heteroatoms. The second kappa shape index (κ2) is 5.83. The summed E-state index contributed by atoms with van der Waals surface area (Å²) in [5.74, 6) is -3.38. The summed E-state index contributed by atoms with van der Waals surface area (Å²) >= 11 is 3.35. The Labute approximate surface area is 125 Å². The summed E-state index contributed by atoms with van der Waals surface area (Å²) in [5, 5.41) is 19.2. The van der Waals surface area contributed by atoms with E-state index < -0.39 is 33.7 Å². The van der Waals surface area contributed by atoms with Gasteiger partial charge in [0, 0.05) is 10.4 Å². The van der Waals surface area contributed by atoms with Crippen molar-refractivity contribution in [2.45, 2.75) is 12.5 Å². The molecule has 1 aliphatic rings. The number of sulfone groups is 1. The molecule has 0 aliphatic carbocycles. The van der Waals surface area contributed by atoms with Crippen LogP contribution in [0.15, 0.2) is 28.7 Å². The van der Waals surface area contributed by atoms with Gasteiger partial charge in [0.05, 0.1) is 23.5 Å². The number of carbonyl (C=O) groups is 1. The van der Waals surface area contributed by atoms with E-state index in [2.05, 4.69) is 15.9 Å². The number of carboxylic acid groups (broad SMARTS) is 1. The number of hydrogen-bond acceptors (Lipinski definition) is 4. The van der Waals surface area contributed by atoms with Crippen LogP contribution >= 0.6 is 15.9 Å². The molecule has 0 bridgehead atoms. The standard InChI is InChI=1S/C13H15BrO5S/c14-11-4-2-1-3-8(11)5-9(13(16)17)10-6-20(18,19)7-12(10)15/h1-4,9-10,12,15H,5-7H2,(H,16,17). The Morgan fingerprint density at radius 1 is 1.35 bits per heavy atom. The number of carboxylic acids is 1. The first kappa shape index (κ1) is 15.5. The Morgan fingerprint density at radius 2 is 2.00 bits per heavy atom. The topological polar surface area (TPSA) is 91.7 Å². The fourth-order valence-electron chi connectivity index (χ4n) is 2.56. The minimum Gasteiger partial charge on any atom is -0.481 e. The van der Waals surface area contributed by atoms with Crippen LogP contribution in [0.5, 0.6) is 0 Å². The molecular weight excluding hydrogens is 348 g/mol. The van der Waals surface area contributed by atoms with Crippen LogP contribution in [0.2, 0.25) is 0 Å². The number of aliphatic hydroxyl groups is 1. The highest BCUT2D eigenvalue weighted by Gasteiger charge is 2.43. The molecule has 1 saturated heterocycles. The zero-order chi connectivity index (χ0) is 14.9. The van der Waals surface area contributed by atoms with Crippen LogP contribution in [0.25, 0.3) is 0 Å². The Bertz CT molecular complexity index is 613. The summed E-state index contributed by atoms with van der Waals surface area (Å²) in [5.41, 5.74) is 0.788. The zero-order valence-electron chi connectivity index (χ0n) is 10.6. The van der Waals surface area contributed by atoms with Gasteiger partial charge in [0.1, 0.15) is 0 Å². The van der Waals surface area contributed by atoms with Gasteiger partial charge in [-0.25, -0.2) is 8.42 Å². The van der Waals surface area contributed by atoms with Gasteiger partial charge in [0.15, 0.2) is 9.84 Å². The van der Waals surface area contributed by atoms with E-state index in [-0.39, 0.29) is 17.9 Å². The predicted molar refractivity (Wildman–Crippen MR) is 77.1 cm³/mol. The van der Waals surface area contributed by atoms with Gasteiger partial charge >= 0.3 is 5.97 Å². The summed E-state index contributed by atoms with van der Waals surface area (Å²) in [6.07, 6.45) is -0.919. The SMILES string of the molecule is O=C(O)C(Cc1ccccc1Br)C1CS(=O)(=O)CC1O. The van der Waals surface area contributed by atoms with Crippen LogP contribution in [-0.4, -0.2) is 42.2 Å². The van der Waals surface area contributed by atoms with E-state index >= 15 is 0 Å². The summed E-state index contributed by atoms with van der Waals surface area (Å²) in [6.45, 7) is 0. The zero-order valence-corrected chi connectivity index (χ0v) is 13.0. The third-order valence-electron chi connectivity index (χ3n) is 3.60. The van der Waals surface area contributed by atoms with Crippen molar-refractivity contribution >= 4 is 31.7 Å². The lowest BCUT2D eigenvalue weighted by Gasteiger charge is -2.21. The van der Waals surface area contributed by atoms with E-state index in [4.69, 9.17) is 0 Å². The van der Waals surface area contributed by atoms with Gasteiger partial charge < -0.3 is 10.2 Å². The molecule has 0 spiro atoms. The number of aliphatic carboxylic acids is 1. The van der Waals surface area contributed by atoms with Crippen LogP contribution < -0.4 is 0 Å². The molecule has 3 atom stereocenters. The van der Waals surface area contributed by atoms with Crippen LogP contribution in [0.1, 0.15) is 5.56 Å². The van der Waals surface area contributed by atoms with Crippen molar-refractivity contribution < 1.29 is 23.4 Å². The maximum absolute atomic E-state index is 11.5. The molecular formula is C13H15BrO5S. The van der Waals surface area contributed by atoms with Crippen LogP contribution in [-0.2, 0) is 21.1 Å². The number of rotatable bonds is 4. The van der Waals surface area contributed by atoms with Gasteiger partial charge in [-0.1, -0.05) is 34.1 Å². The highest BCUT2D eigenvalue weighted by Crippen LogP contribution is 2.31. The van der Waals surface area contributed by atoms with Crippen molar-refractivity contribution in [2.24, 2.45) is 11.8 Å². The number of aliphatic hydroxyl groups excluding tert-OH is 1. The first-order valence-corrected chi connectivity index (χ1v) is 8.76. The fourth-order valence-corrected chi connectivity index (χ4v) is 4.95. The van der Waals surface area contributed by atoms with E-state index in [1.165, 1.54) is 0 Å². The van der Waals surface area contributed by atoms with Crippen molar-refractivity contribution in [1.82, 2.24) is 0 Å². The molecule has 3 unspecified atom stereocenters. The molecule has 0 amide bonds. The van der Waals surface area contributed by atoms with E-state index in [0.717, 1.165) is 10.0 Å². The maximum atomic E-state index is 11.5. The minimum absolute atomic E-state index is 0.188. The van der Waals surface area contributed by atoms with Crippen molar-refractivity contribution in [2.75, 3.05) is 11.5 Å². The number of halogens is 1. The van der Waals surface area contributed by atoms with Gasteiger partial charge in [-0.2, -0.15) is 0 Å². The fraction of sp³-hybridized carbons (Fsp3) is 0.462. The lowest BCUT2D eigenvalue weighted by molar-refractivity contribution is -0.144. The van der Waals surface area contributed by atoms with Gasteiger partial charge in [-0.05, 0) is 18.1 Å². The molecule has 1 aliphatic heterocycles. The van der Waals surface area contributed by atoms with E-state index in [0.29, 0.717) is 0 Å². The molecule has 1 aromatic rings. The second-order valence-electron chi connectivity index (χ2n) is 5.05. The Morgan fingerprint density at radius 3 is 2.50 bits per heavy atom. The predicted octanol–water partition coefficient (Wildman–Crippen LogP) is 1.10. The Balaban J connectivity index is 2.25. The number of benzene rings is 1. The lowest BCUT2D eigenvalue weighted by atomic mass is 9.85. The van der Waals surface area contributed by atoms with Crippen LogP contribution in [0.3, 0.4) is 0 Å². The van der Waals surface area contributed by atoms with E-state index in [1.54, 1.807) is 18.2 Å². The molecule has 110 valence electrons. The average molecular weight is 363 g/mol. The second-order valence-corrected chi connectivity index (χ2v) is 8.06. The first-order valence-electron chi connectivity index (χ1n) is 6.15. The van der Waals surface area contributed by atoms with Crippen LogP contribution in [0, 0.1) is 11.8 Å². The first-order chi connectivity index (χ1) is 9.30. The molecule has 0 saturated carbocycles. The third kappa shape index (κ3) is 3.39. The van der Waals surface area contributed by atoms with Gasteiger partial charge in [0.25, 0.3) is 0 Å². The third-order valence-corrected chi connectivity index (χ3v) is 6.11. The average Bonchev–Trinajstić information content (AvgIpc) is 2.61. The van der Waals surface area contributed by atoms with Crippen molar-refractivity contribution in [3.05, 3.63) is 34.3 Å². The summed E-state index contributed by atoms with van der Waals surface area (Å²) in [6, 6.07) is 7.20. The Hall–Kier alpha value is -0.920. The molecule has 0 radical (unpaired) electrons. The van der Waals surface area contributed by atoms with Gasteiger partial charge in [-0.3, -0.25) is 4.79 Å². The van der Waals surface area contributed by atoms with Gasteiger partial charge in [0.2, 0.25) is 0 Å². The van der Waals surface area contributed by atoms with Crippen molar-refractivity contribution in [3.8, 4) is 0 Å². The monoisotopic (exact) mass is 362 g/mol. The molecule has 5 nitrogen and oxygen atoms in total. The number of hydrogen-bond donors (Lipinski definition) is 2. The maximum Gasteiger partial charge on any atom is 0.307 e. The summed E-state index contributed by atoms with van der Waals surface area (Å²) in [7, 11) is -3.35. The summed E-state index contributed by atoms with van der Waals surface area (Å²) in [4.78, 5) is 11.4. The largest absolute Gasteiger partial charge is 0.481 e. The highest BCUT2D eigenvalue weighted by molar-refractivity contribution is 9.10. The smallest absolute Gasteiger partial charge is 0.307 e. The quantitative estimate of drug-likeness (QED) is 0.836. The molecule has 1 aromatic carbocycles. The molecule has 20 heavy (non-hydrogen) atoms. The van der Waals surface area contributed by atoms with Crippen molar-refractivity contribution in [1.29, 1.82) is 0 Å². The van der Waals surface area contributed by atoms with E-state index in [1.807, 2.05) is 6.07 Å². The highest BCUT2D eigenvalue weighted by atomic mass is 79.9. The minimum atomic E-state index is -3.35. The molecule has 1 fully saturated rings.